The molecule has 0 saturated carbocycles. The molecule has 3 rings (SSSR count). The van der Waals surface area contributed by atoms with Crippen LogP contribution in [-0.4, -0.2) is 17.8 Å². The van der Waals surface area contributed by atoms with Gasteiger partial charge in [-0.25, -0.2) is 0 Å². The molecule has 2 aliphatic rings. The van der Waals surface area contributed by atoms with Crippen molar-refractivity contribution in [2.75, 3.05) is 6.61 Å². The average Bonchev–Trinajstić information content (AvgIpc) is 2.91. The van der Waals surface area contributed by atoms with E-state index in [-0.39, 0.29) is 11.2 Å². The molecule has 104 valence electrons. The van der Waals surface area contributed by atoms with Crippen LogP contribution < -0.4 is 4.74 Å². The number of hydrogen-bond donors (Lipinski definition) is 0. The van der Waals surface area contributed by atoms with E-state index in [4.69, 9.17) is 9.47 Å². The molecule has 0 atom stereocenters. The largest absolute Gasteiger partial charge is 0.491 e. The molecule has 2 heteroatoms. The molecule has 19 heavy (non-hydrogen) atoms. The van der Waals surface area contributed by atoms with Crippen LogP contribution in [0.4, 0.5) is 0 Å². The molecular weight excluding hydrogens is 236 g/mol. The molecule has 2 fully saturated rings. The van der Waals surface area contributed by atoms with Crippen molar-refractivity contribution in [2.45, 2.75) is 63.6 Å². The standard InChI is InChI=1S/C17H24O2/c1-13(2)14-5-4-6-15(11-14)18-12-17-9-7-16(3,19-17)8-10-17/h4-6,11,13H,7-10,12H2,1-3H3. The maximum absolute atomic E-state index is 6.22. The lowest BCUT2D eigenvalue weighted by molar-refractivity contribution is -0.0597. The molecule has 0 aliphatic carbocycles. The number of hydrogen-bond acceptors (Lipinski definition) is 2. The Bertz CT molecular complexity index is 456. The second kappa shape index (κ2) is 4.52. The van der Waals surface area contributed by atoms with Gasteiger partial charge in [0, 0.05) is 0 Å². The smallest absolute Gasteiger partial charge is 0.119 e. The van der Waals surface area contributed by atoms with Gasteiger partial charge in [0.15, 0.2) is 0 Å². The zero-order chi connectivity index (χ0) is 13.5. The normalized spacial score (nSPS) is 33.1. The average molecular weight is 260 g/mol. The van der Waals surface area contributed by atoms with Gasteiger partial charge in [-0.3, -0.25) is 0 Å². The minimum absolute atomic E-state index is 0.0113. The van der Waals surface area contributed by atoms with Gasteiger partial charge in [0.2, 0.25) is 0 Å². The monoisotopic (exact) mass is 260 g/mol. The lowest BCUT2D eigenvalue weighted by Crippen LogP contribution is -2.32. The van der Waals surface area contributed by atoms with Gasteiger partial charge in [0.25, 0.3) is 0 Å². The van der Waals surface area contributed by atoms with Crippen molar-refractivity contribution in [3.63, 3.8) is 0 Å². The highest BCUT2D eigenvalue weighted by Crippen LogP contribution is 2.50. The van der Waals surface area contributed by atoms with E-state index >= 15 is 0 Å². The Morgan fingerprint density at radius 2 is 1.95 bits per heavy atom. The highest BCUT2D eigenvalue weighted by molar-refractivity contribution is 5.30. The second-order valence-electron chi connectivity index (χ2n) is 6.75. The summed E-state index contributed by atoms with van der Waals surface area (Å²) >= 11 is 0. The van der Waals surface area contributed by atoms with E-state index in [9.17, 15) is 0 Å². The number of ether oxygens (including phenoxy) is 2. The first-order valence-corrected chi connectivity index (χ1v) is 7.43. The van der Waals surface area contributed by atoms with Gasteiger partial charge >= 0.3 is 0 Å². The van der Waals surface area contributed by atoms with Crippen LogP contribution in [0.1, 0.15) is 57.9 Å². The third kappa shape index (κ3) is 2.51. The summed E-state index contributed by atoms with van der Waals surface area (Å²) in [6.45, 7) is 7.35. The first kappa shape index (κ1) is 13.0. The van der Waals surface area contributed by atoms with Gasteiger partial charge in [-0.15, -0.1) is 0 Å². The first-order valence-electron chi connectivity index (χ1n) is 7.43. The van der Waals surface area contributed by atoms with Crippen molar-refractivity contribution in [2.24, 2.45) is 0 Å². The molecule has 2 saturated heterocycles. The Kier molecular flexibility index (Phi) is 3.09. The first-order chi connectivity index (χ1) is 9.00. The Hall–Kier alpha value is -1.02. The van der Waals surface area contributed by atoms with E-state index in [1.165, 1.54) is 18.4 Å². The highest BCUT2D eigenvalue weighted by atomic mass is 16.6. The van der Waals surface area contributed by atoms with Crippen molar-refractivity contribution in [3.05, 3.63) is 29.8 Å². The molecule has 1 aromatic carbocycles. The van der Waals surface area contributed by atoms with Crippen LogP contribution in [-0.2, 0) is 4.74 Å². The second-order valence-corrected chi connectivity index (χ2v) is 6.75. The van der Waals surface area contributed by atoms with Crippen LogP contribution in [0.15, 0.2) is 24.3 Å². The molecule has 0 radical (unpaired) electrons. The fourth-order valence-electron chi connectivity index (χ4n) is 3.31. The third-order valence-corrected chi connectivity index (χ3v) is 4.71. The molecule has 0 aromatic heterocycles. The Morgan fingerprint density at radius 1 is 1.21 bits per heavy atom. The Labute approximate surface area is 116 Å². The quantitative estimate of drug-likeness (QED) is 0.804. The van der Waals surface area contributed by atoms with Gasteiger partial charge < -0.3 is 9.47 Å². The van der Waals surface area contributed by atoms with Gasteiger partial charge in [-0.05, 0) is 56.2 Å². The molecule has 0 amide bonds. The fourth-order valence-corrected chi connectivity index (χ4v) is 3.31. The Morgan fingerprint density at radius 3 is 2.53 bits per heavy atom. The van der Waals surface area contributed by atoms with Crippen molar-refractivity contribution in [3.8, 4) is 5.75 Å². The van der Waals surface area contributed by atoms with E-state index in [1.807, 2.05) is 6.07 Å². The van der Waals surface area contributed by atoms with E-state index in [2.05, 4.69) is 39.0 Å². The molecule has 2 aliphatic heterocycles. The van der Waals surface area contributed by atoms with Crippen LogP contribution in [0, 0.1) is 0 Å². The van der Waals surface area contributed by atoms with E-state index in [0.717, 1.165) is 18.6 Å². The van der Waals surface area contributed by atoms with E-state index in [0.29, 0.717) is 12.5 Å². The predicted molar refractivity (Wildman–Crippen MR) is 76.7 cm³/mol. The molecule has 1 aromatic rings. The molecule has 2 bridgehead atoms. The topological polar surface area (TPSA) is 18.5 Å². The zero-order valence-electron chi connectivity index (χ0n) is 12.2. The van der Waals surface area contributed by atoms with Crippen molar-refractivity contribution in [1.82, 2.24) is 0 Å². The lowest BCUT2D eigenvalue weighted by Gasteiger charge is -2.24. The SMILES string of the molecule is CC(C)c1cccc(OCC23CCC(C)(CC2)O3)c1. The van der Waals surface area contributed by atoms with Crippen molar-refractivity contribution in [1.29, 1.82) is 0 Å². The molecular formula is C17H24O2. The fraction of sp³-hybridized carbons (Fsp3) is 0.647. The van der Waals surface area contributed by atoms with Gasteiger partial charge in [0.05, 0.1) is 5.60 Å². The predicted octanol–water partition coefficient (Wildman–Crippen LogP) is 4.29. The maximum atomic E-state index is 6.22. The molecule has 0 spiro atoms. The van der Waals surface area contributed by atoms with Crippen molar-refractivity contribution < 1.29 is 9.47 Å². The highest BCUT2D eigenvalue weighted by Gasteiger charge is 2.53. The molecule has 0 unspecified atom stereocenters. The summed E-state index contributed by atoms with van der Waals surface area (Å²) in [5.41, 5.74) is 1.45. The number of benzene rings is 1. The summed E-state index contributed by atoms with van der Waals surface area (Å²) in [6.07, 6.45) is 4.66. The van der Waals surface area contributed by atoms with Gasteiger partial charge in [-0.2, -0.15) is 0 Å². The zero-order valence-corrected chi connectivity index (χ0v) is 12.2. The minimum atomic E-state index is -0.0113. The minimum Gasteiger partial charge on any atom is -0.491 e. The summed E-state index contributed by atoms with van der Waals surface area (Å²) < 4.78 is 12.2. The third-order valence-electron chi connectivity index (χ3n) is 4.71. The maximum Gasteiger partial charge on any atom is 0.119 e. The number of fused-ring (bicyclic) bond motifs is 2. The van der Waals surface area contributed by atoms with Crippen LogP contribution in [0.5, 0.6) is 5.75 Å². The van der Waals surface area contributed by atoms with E-state index < -0.39 is 0 Å². The molecule has 0 N–H and O–H groups in total. The van der Waals surface area contributed by atoms with Crippen LogP contribution in [0.25, 0.3) is 0 Å². The molecule has 2 nitrogen and oxygen atoms in total. The molecule has 2 heterocycles. The van der Waals surface area contributed by atoms with Crippen LogP contribution in [0.3, 0.4) is 0 Å². The summed E-state index contributed by atoms with van der Waals surface area (Å²) in [5.74, 6) is 1.52. The lowest BCUT2D eigenvalue weighted by atomic mass is 9.83. The van der Waals surface area contributed by atoms with Crippen LogP contribution in [0.2, 0.25) is 0 Å². The Balaban J connectivity index is 1.65. The van der Waals surface area contributed by atoms with Crippen LogP contribution >= 0.6 is 0 Å². The summed E-state index contributed by atoms with van der Waals surface area (Å²) in [6, 6.07) is 8.45. The summed E-state index contributed by atoms with van der Waals surface area (Å²) in [4.78, 5) is 0. The van der Waals surface area contributed by atoms with Crippen molar-refractivity contribution >= 4 is 0 Å². The summed E-state index contributed by atoms with van der Waals surface area (Å²) in [7, 11) is 0. The summed E-state index contributed by atoms with van der Waals surface area (Å²) in [5, 5.41) is 0. The van der Waals surface area contributed by atoms with Gasteiger partial charge in [0.1, 0.15) is 18.0 Å². The van der Waals surface area contributed by atoms with E-state index in [1.54, 1.807) is 0 Å². The number of rotatable bonds is 4. The van der Waals surface area contributed by atoms with Gasteiger partial charge in [-0.1, -0.05) is 26.0 Å².